The molecule has 0 radical (unpaired) electrons. The van der Waals surface area contributed by atoms with Gasteiger partial charge in [-0.2, -0.15) is 0 Å². The molecule has 136 valence electrons. The molecule has 7 nitrogen and oxygen atoms in total. The van der Waals surface area contributed by atoms with Crippen molar-refractivity contribution in [1.82, 2.24) is 19.9 Å². The van der Waals surface area contributed by atoms with Gasteiger partial charge in [0.05, 0.1) is 12.3 Å². The maximum absolute atomic E-state index is 12.6. The summed E-state index contributed by atoms with van der Waals surface area (Å²) in [6.07, 6.45) is 8.46. The van der Waals surface area contributed by atoms with E-state index in [4.69, 9.17) is 9.47 Å². The highest BCUT2D eigenvalue weighted by molar-refractivity contribution is 5.90. The van der Waals surface area contributed by atoms with Crippen LogP contribution in [0.5, 0.6) is 5.75 Å². The second-order valence-electron chi connectivity index (χ2n) is 7.16. The molecule has 4 heterocycles. The second-order valence-corrected chi connectivity index (χ2v) is 7.16. The first kappa shape index (κ1) is 16.9. The monoisotopic (exact) mass is 354 g/mol. The predicted molar refractivity (Wildman–Crippen MR) is 93.7 cm³/mol. The number of carbonyl (C=O) groups excluding carboxylic acids is 1. The van der Waals surface area contributed by atoms with Gasteiger partial charge in [-0.1, -0.05) is 0 Å². The first-order chi connectivity index (χ1) is 12.6. The summed E-state index contributed by atoms with van der Waals surface area (Å²) in [5.74, 6) is 1.20. The Balaban J connectivity index is 1.37. The second kappa shape index (κ2) is 6.99. The molecule has 2 saturated heterocycles. The minimum Gasteiger partial charge on any atom is -0.489 e. The van der Waals surface area contributed by atoms with Crippen molar-refractivity contribution < 1.29 is 14.3 Å². The zero-order valence-electron chi connectivity index (χ0n) is 14.7. The summed E-state index contributed by atoms with van der Waals surface area (Å²) in [5, 5.41) is 0. The van der Waals surface area contributed by atoms with Gasteiger partial charge in [-0.05, 0) is 38.0 Å². The van der Waals surface area contributed by atoms with Gasteiger partial charge in [0.15, 0.2) is 0 Å². The van der Waals surface area contributed by atoms with E-state index in [2.05, 4.69) is 21.9 Å². The number of carbonyl (C=O) groups is 1. The summed E-state index contributed by atoms with van der Waals surface area (Å²) in [5.41, 5.74) is -0.354. The molecule has 2 aromatic rings. The Morgan fingerprint density at radius 2 is 2.19 bits per heavy atom. The van der Waals surface area contributed by atoms with Crippen LogP contribution in [0.3, 0.4) is 0 Å². The SMILES string of the molecule is C[C@]1(COc2cccnc2)C[C@@H]2CN(C(=O)c3ncccn3)CC[C@@H]2O1. The Bertz CT molecular complexity index is 758. The third-order valence-corrected chi connectivity index (χ3v) is 5.02. The molecule has 0 spiro atoms. The first-order valence-electron chi connectivity index (χ1n) is 8.90. The molecule has 2 aliphatic rings. The van der Waals surface area contributed by atoms with Gasteiger partial charge >= 0.3 is 0 Å². The van der Waals surface area contributed by atoms with E-state index in [1.165, 1.54) is 0 Å². The molecule has 2 aromatic heterocycles. The lowest BCUT2D eigenvalue weighted by Gasteiger charge is -2.33. The molecule has 3 atom stereocenters. The Labute approximate surface area is 152 Å². The fourth-order valence-electron chi connectivity index (χ4n) is 3.83. The topological polar surface area (TPSA) is 77.4 Å². The maximum atomic E-state index is 12.6. The van der Waals surface area contributed by atoms with Crippen LogP contribution < -0.4 is 4.74 Å². The summed E-state index contributed by atoms with van der Waals surface area (Å²) >= 11 is 0. The molecule has 2 aliphatic heterocycles. The van der Waals surface area contributed by atoms with E-state index >= 15 is 0 Å². The van der Waals surface area contributed by atoms with Crippen LogP contribution in [0.25, 0.3) is 0 Å². The number of likely N-dealkylation sites (tertiary alicyclic amines) is 1. The molecule has 0 aromatic carbocycles. The van der Waals surface area contributed by atoms with Crippen LogP contribution in [-0.4, -0.2) is 57.2 Å². The van der Waals surface area contributed by atoms with Crippen molar-refractivity contribution in [3.05, 3.63) is 48.8 Å². The molecule has 0 unspecified atom stereocenters. The van der Waals surface area contributed by atoms with Crippen LogP contribution in [0.1, 0.15) is 30.4 Å². The summed E-state index contributed by atoms with van der Waals surface area (Å²) in [7, 11) is 0. The number of ether oxygens (including phenoxy) is 2. The number of nitrogens with zero attached hydrogens (tertiary/aromatic N) is 4. The van der Waals surface area contributed by atoms with Gasteiger partial charge in [0.2, 0.25) is 5.82 Å². The lowest BCUT2D eigenvalue weighted by atomic mass is 9.89. The van der Waals surface area contributed by atoms with Crippen LogP contribution in [0, 0.1) is 5.92 Å². The smallest absolute Gasteiger partial charge is 0.291 e. The molecular weight excluding hydrogens is 332 g/mol. The number of rotatable bonds is 4. The van der Waals surface area contributed by atoms with Gasteiger partial charge in [0, 0.05) is 37.6 Å². The number of amides is 1. The number of aromatic nitrogens is 3. The highest BCUT2D eigenvalue weighted by Gasteiger charge is 2.47. The average molecular weight is 354 g/mol. The van der Waals surface area contributed by atoms with Crippen LogP contribution in [0.2, 0.25) is 0 Å². The van der Waals surface area contributed by atoms with Crippen LogP contribution in [-0.2, 0) is 4.74 Å². The molecule has 0 bridgehead atoms. The summed E-state index contributed by atoms with van der Waals surface area (Å²) in [6, 6.07) is 5.45. The van der Waals surface area contributed by atoms with Gasteiger partial charge < -0.3 is 14.4 Å². The fraction of sp³-hybridized carbons (Fsp3) is 0.474. The molecule has 0 aliphatic carbocycles. The number of piperidine rings is 1. The molecule has 26 heavy (non-hydrogen) atoms. The largest absolute Gasteiger partial charge is 0.489 e. The summed E-state index contributed by atoms with van der Waals surface area (Å²) in [4.78, 5) is 26.6. The van der Waals surface area contributed by atoms with E-state index in [0.717, 1.165) is 18.6 Å². The normalized spacial score (nSPS) is 27.8. The lowest BCUT2D eigenvalue weighted by Crippen LogP contribution is -2.44. The minimum absolute atomic E-state index is 0.107. The molecule has 0 N–H and O–H groups in total. The fourth-order valence-corrected chi connectivity index (χ4v) is 3.83. The lowest BCUT2D eigenvalue weighted by molar-refractivity contribution is -0.0675. The molecule has 2 fully saturated rings. The number of fused-ring (bicyclic) bond motifs is 1. The molecular formula is C19H22N4O3. The van der Waals surface area contributed by atoms with E-state index in [-0.39, 0.29) is 23.4 Å². The maximum Gasteiger partial charge on any atom is 0.291 e. The van der Waals surface area contributed by atoms with Crippen molar-refractivity contribution >= 4 is 5.91 Å². The molecule has 7 heteroatoms. The average Bonchev–Trinajstić information content (AvgIpc) is 3.03. The highest BCUT2D eigenvalue weighted by Crippen LogP contribution is 2.39. The minimum atomic E-state index is -0.354. The van der Waals surface area contributed by atoms with E-state index in [0.29, 0.717) is 25.6 Å². The predicted octanol–water partition coefficient (Wildman–Crippen LogP) is 1.96. The van der Waals surface area contributed by atoms with E-state index in [9.17, 15) is 4.79 Å². The van der Waals surface area contributed by atoms with E-state index in [1.54, 1.807) is 30.9 Å². The summed E-state index contributed by atoms with van der Waals surface area (Å²) < 4.78 is 12.1. The zero-order valence-corrected chi connectivity index (χ0v) is 14.7. The standard InChI is InChI=1S/C19H22N4O3/c1-19(13-25-15-4-2-6-20-11-15)10-14-12-23(9-5-16(14)26-19)18(24)17-21-7-3-8-22-17/h2-4,6-8,11,14,16H,5,9-10,12-13H2,1H3/t14-,16+,19-/m1/s1. The van der Waals surface area contributed by atoms with Crippen molar-refractivity contribution in [2.24, 2.45) is 5.92 Å². The number of hydrogen-bond acceptors (Lipinski definition) is 6. The zero-order chi connectivity index (χ0) is 18.0. The van der Waals surface area contributed by atoms with Crippen LogP contribution >= 0.6 is 0 Å². The van der Waals surface area contributed by atoms with Gasteiger partial charge in [0.1, 0.15) is 18.0 Å². The third kappa shape index (κ3) is 3.53. The van der Waals surface area contributed by atoms with Gasteiger partial charge in [-0.25, -0.2) is 9.97 Å². The number of hydrogen-bond donors (Lipinski definition) is 0. The van der Waals surface area contributed by atoms with Crippen molar-refractivity contribution in [3.63, 3.8) is 0 Å². The van der Waals surface area contributed by atoms with Crippen molar-refractivity contribution in [1.29, 1.82) is 0 Å². The molecule has 0 saturated carbocycles. The van der Waals surface area contributed by atoms with Gasteiger partial charge in [-0.3, -0.25) is 9.78 Å². The van der Waals surface area contributed by atoms with Crippen LogP contribution in [0.15, 0.2) is 43.0 Å². The quantitative estimate of drug-likeness (QED) is 0.835. The third-order valence-electron chi connectivity index (χ3n) is 5.02. The Kier molecular flexibility index (Phi) is 4.55. The Hall–Kier alpha value is -2.54. The Morgan fingerprint density at radius 1 is 1.35 bits per heavy atom. The Morgan fingerprint density at radius 3 is 2.96 bits per heavy atom. The van der Waals surface area contributed by atoms with Crippen molar-refractivity contribution in [3.8, 4) is 5.75 Å². The highest BCUT2D eigenvalue weighted by atomic mass is 16.6. The molecule has 4 rings (SSSR count). The van der Waals surface area contributed by atoms with Gasteiger partial charge in [0.25, 0.3) is 5.91 Å². The van der Waals surface area contributed by atoms with Crippen molar-refractivity contribution in [2.45, 2.75) is 31.5 Å². The van der Waals surface area contributed by atoms with Gasteiger partial charge in [-0.15, -0.1) is 0 Å². The first-order valence-corrected chi connectivity index (χ1v) is 8.90. The van der Waals surface area contributed by atoms with Crippen molar-refractivity contribution in [2.75, 3.05) is 19.7 Å². The van der Waals surface area contributed by atoms with E-state index in [1.807, 2.05) is 17.0 Å². The van der Waals surface area contributed by atoms with E-state index < -0.39 is 0 Å². The van der Waals surface area contributed by atoms with Crippen LogP contribution in [0.4, 0.5) is 0 Å². The molecule has 1 amide bonds. The number of pyridine rings is 1. The summed E-state index contributed by atoms with van der Waals surface area (Å²) in [6.45, 7) is 3.89.